The molecular weight excluding hydrogens is 272 g/mol. The molecule has 7 heteroatoms. The highest BCUT2D eigenvalue weighted by molar-refractivity contribution is 7.22. The number of hydrogen-bond acceptors (Lipinski definition) is 7. The molecule has 0 aliphatic rings. The Kier molecular flexibility index (Phi) is 3.50. The quantitative estimate of drug-likeness (QED) is 0.714. The number of anilines is 1. The lowest BCUT2D eigenvalue weighted by atomic mass is 10.2. The number of rotatable bonds is 4. The van der Waals surface area contributed by atoms with Crippen LogP contribution in [0.15, 0.2) is 42.9 Å². The van der Waals surface area contributed by atoms with E-state index in [0.717, 1.165) is 10.2 Å². The standard InChI is InChI=1S/C13H10N6S/c14-7-11(9-5-6-15-8-16-9)18-19-13-17-10-3-1-2-4-12(10)20-13/h1-6,8,11,18H,(H,17,19). The Hall–Kier alpha value is -2.56. The molecule has 3 rings (SSSR count). The van der Waals surface area contributed by atoms with Crippen LogP contribution >= 0.6 is 11.3 Å². The summed E-state index contributed by atoms with van der Waals surface area (Å²) in [7, 11) is 0. The zero-order valence-electron chi connectivity index (χ0n) is 10.3. The number of para-hydroxylation sites is 1. The van der Waals surface area contributed by atoms with E-state index in [4.69, 9.17) is 5.26 Å². The normalized spacial score (nSPS) is 11.9. The zero-order valence-corrected chi connectivity index (χ0v) is 11.1. The van der Waals surface area contributed by atoms with Crippen LogP contribution in [0.4, 0.5) is 5.13 Å². The molecule has 6 nitrogen and oxygen atoms in total. The third kappa shape index (κ3) is 2.56. The number of hydrazine groups is 1. The molecule has 1 aromatic carbocycles. The predicted molar refractivity (Wildman–Crippen MR) is 76.8 cm³/mol. The molecule has 2 aromatic heterocycles. The van der Waals surface area contributed by atoms with Crippen LogP contribution in [-0.4, -0.2) is 15.0 Å². The van der Waals surface area contributed by atoms with Gasteiger partial charge in [0, 0.05) is 6.20 Å². The highest BCUT2D eigenvalue weighted by atomic mass is 32.1. The maximum Gasteiger partial charge on any atom is 0.198 e. The molecule has 2 N–H and O–H groups in total. The van der Waals surface area contributed by atoms with Crippen molar-refractivity contribution < 1.29 is 0 Å². The zero-order chi connectivity index (χ0) is 13.8. The van der Waals surface area contributed by atoms with Crippen molar-refractivity contribution in [2.24, 2.45) is 0 Å². The Morgan fingerprint density at radius 3 is 2.90 bits per heavy atom. The Balaban J connectivity index is 1.73. The monoisotopic (exact) mass is 282 g/mol. The first-order valence-electron chi connectivity index (χ1n) is 5.89. The largest absolute Gasteiger partial charge is 0.295 e. The lowest BCUT2D eigenvalue weighted by Crippen LogP contribution is -2.26. The maximum atomic E-state index is 9.17. The van der Waals surface area contributed by atoms with Crippen LogP contribution in [0.5, 0.6) is 0 Å². The molecule has 0 fully saturated rings. The summed E-state index contributed by atoms with van der Waals surface area (Å²) in [6.45, 7) is 0. The van der Waals surface area contributed by atoms with Crippen LogP contribution in [-0.2, 0) is 0 Å². The molecule has 0 bridgehead atoms. The second-order valence-corrected chi connectivity index (χ2v) is 4.98. The highest BCUT2D eigenvalue weighted by Crippen LogP contribution is 2.25. The summed E-state index contributed by atoms with van der Waals surface area (Å²) in [5.41, 5.74) is 7.40. The van der Waals surface area contributed by atoms with Gasteiger partial charge in [-0.1, -0.05) is 23.5 Å². The van der Waals surface area contributed by atoms with Gasteiger partial charge in [-0.2, -0.15) is 5.26 Å². The predicted octanol–water partition coefficient (Wildman–Crippen LogP) is 2.27. The summed E-state index contributed by atoms with van der Waals surface area (Å²) in [5.74, 6) is 0. The molecule has 0 saturated heterocycles. The second kappa shape index (κ2) is 5.61. The van der Waals surface area contributed by atoms with Gasteiger partial charge in [0.15, 0.2) is 11.2 Å². The number of nitrogens with zero attached hydrogens (tertiary/aromatic N) is 4. The number of nitrogens with one attached hydrogen (secondary N) is 2. The van der Waals surface area contributed by atoms with Crippen molar-refractivity contribution in [2.75, 3.05) is 5.43 Å². The SMILES string of the molecule is N#CC(NNc1nc2ccccc2s1)c1ccncn1. The van der Waals surface area contributed by atoms with Gasteiger partial charge in [0.1, 0.15) is 6.33 Å². The van der Waals surface area contributed by atoms with Crippen molar-refractivity contribution in [1.82, 2.24) is 20.4 Å². The molecule has 0 aliphatic carbocycles. The van der Waals surface area contributed by atoms with Gasteiger partial charge in [-0.05, 0) is 18.2 Å². The Morgan fingerprint density at radius 1 is 1.25 bits per heavy atom. The third-order valence-corrected chi connectivity index (χ3v) is 3.60. The summed E-state index contributed by atoms with van der Waals surface area (Å²) in [5, 5.41) is 9.88. The topological polar surface area (TPSA) is 86.5 Å². The average molecular weight is 282 g/mol. The van der Waals surface area contributed by atoms with Crippen LogP contribution in [0.25, 0.3) is 10.2 Å². The first-order valence-corrected chi connectivity index (χ1v) is 6.71. The molecule has 1 unspecified atom stereocenters. The van der Waals surface area contributed by atoms with Crippen molar-refractivity contribution in [1.29, 1.82) is 5.26 Å². The molecule has 20 heavy (non-hydrogen) atoms. The number of benzene rings is 1. The molecule has 0 spiro atoms. The number of nitriles is 1. The minimum Gasteiger partial charge on any atom is -0.295 e. The lowest BCUT2D eigenvalue weighted by molar-refractivity contribution is 0.691. The fourth-order valence-electron chi connectivity index (χ4n) is 1.70. The molecule has 0 saturated carbocycles. The fraction of sp³-hybridized carbons (Fsp3) is 0.0769. The summed E-state index contributed by atoms with van der Waals surface area (Å²) in [4.78, 5) is 12.3. The summed E-state index contributed by atoms with van der Waals surface area (Å²) in [6.07, 6.45) is 3.02. The Labute approximate surface area is 119 Å². The van der Waals surface area contributed by atoms with Crippen LogP contribution < -0.4 is 10.9 Å². The molecular formula is C13H10N6S. The van der Waals surface area contributed by atoms with E-state index in [1.807, 2.05) is 24.3 Å². The highest BCUT2D eigenvalue weighted by Gasteiger charge is 2.11. The molecule has 0 aliphatic heterocycles. The number of hydrogen-bond donors (Lipinski definition) is 2. The van der Waals surface area contributed by atoms with Gasteiger partial charge in [0.2, 0.25) is 0 Å². The van der Waals surface area contributed by atoms with E-state index in [2.05, 4.69) is 31.9 Å². The Bertz CT molecular complexity index is 715. The van der Waals surface area contributed by atoms with Gasteiger partial charge >= 0.3 is 0 Å². The summed E-state index contributed by atoms with van der Waals surface area (Å²) in [6, 6.07) is 11.1. The minimum absolute atomic E-state index is 0.565. The van der Waals surface area contributed by atoms with Crippen molar-refractivity contribution in [3.05, 3.63) is 48.5 Å². The van der Waals surface area contributed by atoms with Gasteiger partial charge in [-0.15, -0.1) is 0 Å². The first-order chi connectivity index (χ1) is 9.86. The summed E-state index contributed by atoms with van der Waals surface area (Å²) < 4.78 is 1.09. The van der Waals surface area contributed by atoms with Crippen LogP contribution in [0.1, 0.15) is 11.7 Å². The average Bonchev–Trinajstić information content (AvgIpc) is 2.92. The maximum absolute atomic E-state index is 9.17. The molecule has 0 radical (unpaired) electrons. The fourth-order valence-corrected chi connectivity index (χ4v) is 2.53. The van der Waals surface area contributed by atoms with E-state index in [1.165, 1.54) is 17.7 Å². The van der Waals surface area contributed by atoms with E-state index in [-0.39, 0.29) is 0 Å². The van der Waals surface area contributed by atoms with Gasteiger partial charge in [-0.25, -0.2) is 20.4 Å². The third-order valence-electron chi connectivity index (χ3n) is 2.65. The number of thiazole rings is 1. The smallest absolute Gasteiger partial charge is 0.198 e. The van der Waals surface area contributed by atoms with Crippen LogP contribution in [0.3, 0.4) is 0 Å². The van der Waals surface area contributed by atoms with E-state index >= 15 is 0 Å². The minimum atomic E-state index is -0.565. The van der Waals surface area contributed by atoms with Gasteiger partial charge < -0.3 is 0 Å². The molecule has 0 amide bonds. The lowest BCUT2D eigenvalue weighted by Gasteiger charge is -2.10. The Morgan fingerprint density at radius 2 is 2.15 bits per heavy atom. The van der Waals surface area contributed by atoms with Crippen molar-refractivity contribution in [3.8, 4) is 6.07 Å². The molecule has 3 aromatic rings. The second-order valence-electron chi connectivity index (χ2n) is 3.95. The van der Waals surface area contributed by atoms with Gasteiger partial charge in [0.25, 0.3) is 0 Å². The van der Waals surface area contributed by atoms with E-state index in [1.54, 1.807) is 12.3 Å². The van der Waals surface area contributed by atoms with E-state index < -0.39 is 6.04 Å². The molecule has 98 valence electrons. The van der Waals surface area contributed by atoms with Gasteiger partial charge in [0.05, 0.1) is 22.0 Å². The van der Waals surface area contributed by atoms with E-state index in [0.29, 0.717) is 10.8 Å². The number of fused-ring (bicyclic) bond motifs is 1. The number of aromatic nitrogens is 3. The van der Waals surface area contributed by atoms with Crippen molar-refractivity contribution >= 4 is 26.7 Å². The van der Waals surface area contributed by atoms with Crippen molar-refractivity contribution in [3.63, 3.8) is 0 Å². The van der Waals surface area contributed by atoms with Gasteiger partial charge in [-0.3, -0.25) is 5.43 Å². The summed E-state index contributed by atoms with van der Waals surface area (Å²) >= 11 is 1.52. The van der Waals surface area contributed by atoms with Crippen molar-refractivity contribution in [2.45, 2.75) is 6.04 Å². The molecule has 1 atom stereocenters. The first kappa shape index (κ1) is 12.5. The molecule has 2 heterocycles. The van der Waals surface area contributed by atoms with Crippen LogP contribution in [0, 0.1) is 11.3 Å². The van der Waals surface area contributed by atoms with Crippen LogP contribution in [0.2, 0.25) is 0 Å². The van der Waals surface area contributed by atoms with E-state index in [9.17, 15) is 0 Å².